The first-order chi connectivity index (χ1) is 29.0. The van der Waals surface area contributed by atoms with Gasteiger partial charge in [0.25, 0.3) is 0 Å². The van der Waals surface area contributed by atoms with Crippen LogP contribution in [0.2, 0.25) is 0 Å². The summed E-state index contributed by atoms with van der Waals surface area (Å²) in [7, 11) is 0. The molecule has 0 fully saturated rings. The Morgan fingerprint density at radius 2 is 0.864 bits per heavy atom. The molecule has 0 rings (SSSR count). The number of allylic oxidation sites excluding steroid dienone is 6. The number of nitrogens with one attached hydrogen (secondary N) is 1. The molecule has 0 aliphatic rings. The van der Waals surface area contributed by atoms with Crippen LogP contribution in [0.25, 0.3) is 0 Å². The fraction of sp³-hybridized carbons (Fsp3) is 0.849. The first-order valence-electron chi connectivity index (χ1n) is 25.7. The summed E-state index contributed by atoms with van der Waals surface area (Å²) >= 11 is 0. The Morgan fingerprint density at radius 3 is 1.29 bits per heavy atom. The van der Waals surface area contributed by atoms with Crippen molar-refractivity contribution in [1.82, 2.24) is 5.32 Å². The molecule has 3 atom stereocenters. The van der Waals surface area contributed by atoms with E-state index in [1.54, 1.807) is 0 Å². The van der Waals surface area contributed by atoms with Crippen LogP contribution in [-0.2, 0) is 14.3 Å². The Hall–Kier alpha value is -1.92. The highest BCUT2D eigenvalue weighted by atomic mass is 16.5. The lowest BCUT2D eigenvalue weighted by atomic mass is 10.0. The molecule has 0 aliphatic carbocycles. The van der Waals surface area contributed by atoms with Gasteiger partial charge in [-0.1, -0.05) is 237 Å². The van der Waals surface area contributed by atoms with Gasteiger partial charge in [0.05, 0.1) is 25.2 Å². The van der Waals surface area contributed by atoms with E-state index in [1.165, 1.54) is 148 Å². The second-order valence-corrected chi connectivity index (χ2v) is 17.6. The molecule has 0 aromatic carbocycles. The van der Waals surface area contributed by atoms with E-state index >= 15 is 0 Å². The molecular formula is C53H99NO5. The summed E-state index contributed by atoms with van der Waals surface area (Å²) in [5.41, 5.74) is 0. The average Bonchev–Trinajstić information content (AvgIpc) is 3.23. The van der Waals surface area contributed by atoms with Gasteiger partial charge >= 0.3 is 5.97 Å². The van der Waals surface area contributed by atoms with Crippen LogP contribution < -0.4 is 5.32 Å². The molecule has 0 aromatic rings. The van der Waals surface area contributed by atoms with Crippen molar-refractivity contribution < 1.29 is 24.5 Å². The maximum atomic E-state index is 13.1. The molecule has 6 nitrogen and oxygen atoms in total. The Kier molecular flexibility index (Phi) is 45.6. The highest BCUT2D eigenvalue weighted by molar-refractivity contribution is 5.77. The van der Waals surface area contributed by atoms with Crippen LogP contribution in [0, 0.1) is 0 Å². The van der Waals surface area contributed by atoms with Crippen LogP contribution in [-0.4, -0.2) is 46.9 Å². The van der Waals surface area contributed by atoms with Gasteiger partial charge in [0.2, 0.25) is 5.91 Å². The van der Waals surface area contributed by atoms with E-state index < -0.39 is 18.2 Å². The second-order valence-electron chi connectivity index (χ2n) is 17.6. The molecule has 0 aliphatic heterocycles. The van der Waals surface area contributed by atoms with Gasteiger partial charge in [0.15, 0.2) is 0 Å². The molecule has 0 bridgehead atoms. The van der Waals surface area contributed by atoms with Crippen LogP contribution in [0.3, 0.4) is 0 Å². The number of aliphatic hydroxyl groups is 2. The number of hydrogen-bond donors (Lipinski definition) is 3. The molecule has 1 amide bonds. The standard InChI is InChI=1S/C53H99NO5/c1-4-7-10-13-16-18-20-22-24-25-26-28-30-32-34-37-40-43-46-53(58)59-49(44-41-38-35-15-12-9-6-3)47-52(57)54-50(48-55)51(56)45-42-39-36-33-31-29-27-23-21-19-17-14-11-8-5-2/h20,22,24-26,28,49-51,55-56H,4-19,21,23,27,29-48H2,1-3H3,(H,54,57)/b22-20+,25-24+,28-26+. The summed E-state index contributed by atoms with van der Waals surface area (Å²) < 4.78 is 5.89. The number of hydrogen-bond acceptors (Lipinski definition) is 5. The predicted molar refractivity (Wildman–Crippen MR) is 255 cm³/mol. The lowest BCUT2D eigenvalue weighted by Gasteiger charge is -2.24. The van der Waals surface area contributed by atoms with Crippen molar-refractivity contribution in [3.63, 3.8) is 0 Å². The maximum absolute atomic E-state index is 13.1. The Bertz CT molecular complexity index is 977. The number of rotatable bonds is 46. The summed E-state index contributed by atoms with van der Waals surface area (Å²) in [5, 5.41) is 23.7. The maximum Gasteiger partial charge on any atom is 0.306 e. The number of ether oxygens (including phenoxy) is 1. The number of amides is 1. The van der Waals surface area contributed by atoms with Crippen LogP contribution >= 0.6 is 0 Å². The molecule has 346 valence electrons. The van der Waals surface area contributed by atoms with E-state index in [-0.39, 0.29) is 24.9 Å². The predicted octanol–water partition coefficient (Wildman–Crippen LogP) is 15.3. The molecule has 0 radical (unpaired) electrons. The lowest BCUT2D eigenvalue weighted by molar-refractivity contribution is -0.151. The van der Waals surface area contributed by atoms with Crippen molar-refractivity contribution in [3.05, 3.63) is 36.5 Å². The zero-order valence-electron chi connectivity index (χ0n) is 39.4. The third-order valence-electron chi connectivity index (χ3n) is 11.8. The van der Waals surface area contributed by atoms with Gasteiger partial charge < -0.3 is 20.3 Å². The van der Waals surface area contributed by atoms with Crippen LogP contribution in [0.4, 0.5) is 0 Å². The van der Waals surface area contributed by atoms with Gasteiger partial charge in [-0.3, -0.25) is 9.59 Å². The molecule has 0 saturated heterocycles. The Balaban J connectivity index is 4.38. The lowest BCUT2D eigenvalue weighted by Crippen LogP contribution is -2.46. The molecule has 0 heterocycles. The average molecular weight is 830 g/mol. The summed E-state index contributed by atoms with van der Waals surface area (Å²) in [5.74, 6) is -0.493. The van der Waals surface area contributed by atoms with E-state index in [0.717, 1.165) is 70.6 Å². The molecular weight excluding hydrogens is 731 g/mol. The number of carbonyl (C=O) groups is 2. The smallest absolute Gasteiger partial charge is 0.306 e. The quantitative estimate of drug-likeness (QED) is 0.0323. The van der Waals surface area contributed by atoms with Crippen molar-refractivity contribution in [2.75, 3.05) is 6.61 Å². The molecule has 3 N–H and O–H groups in total. The van der Waals surface area contributed by atoms with E-state index in [2.05, 4.69) is 62.5 Å². The summed E-state index contributed by atoms with van der Waals surface area (Å²) in [6, 6.07) is -0.701. The zero-order chi connectivity index (χ0) is 43.1. The SMILES string of the molecule is CCCCCCC/C=C/C=C/C=C/CCCCCCCC(=O)OC(CCCCCCCCC)CC(=O)NC(CO)C(O)CCCCCCCCCCCCCCCCC. The molecule has 0 aromatic heterocycles. The van der Waals surface area contributed by atoms with Gasteiger partial charge in [-0.05, 0) is 51.4 Å². The van der Waals surface area contributed by atoms with Crippen molar-refractivity contribution in [3.8, 4) is 0 Å². The fourth-order valence-electron chi connectivity index (χ4n) is 7.84. The molecule has 3 unspecified atom stereocenters. The Labute approximate surface area is 366 Å². The van der Waals surface area contributed by atoms with E-state index in [1.807, 2.05) is 0 Å². The van der Waals surface area contributed by atoms with Crippen LogP contribution in [0.5, 0.6) is 0 Å². The monoisotopic (exact) mass is 830 g/mol. The normalized spacial score (nSPS) is 13.5. The largest absolute Gasteiger partial charge is 0.462 e. The highest BCUT2D eigenvalue weighted by Crippen LogP contribution is 2.18. The number of aliphatic hydroxyl groups excluding tert-OH is 2. The minimum atomic E-state index is -0.787. The minimum absolute atomic E-state index is 0.0713. The van der Waals surface area contributed by atoms with E-state index in [0.29, 0.717) is 19.3 Å². The Morgan fingerprint density at radius 1 is 0.492 bits per heavy atom. The first-order valence-corrected chi connectivity index (χ1v) is 25.7. The van der Waals surface area contributed by atoms with Gasteiger partial charge in [0, 0.05) is 6.42 Å². The molecule has 6 heteroatoms. The van der Waals surface area contributed by atoms with E-state index in [4.69, 9.17) is 4.74 Å². The number of unbranched alkanes of at least 4 members (excludes halogenated alkanes) is 30. The topological polar surface area (TPSA) is 95.9 Å². The van der Waals surface area contributed by atoms with Gasteiger partial charge in [-0.15, -0.1) is 0 Å². The van der Waals surface area contributed by atoms with Crippen molar-refractivity contribution in [2.24, 2.45) is 0 Å². The molecule has 0 saturated carbocycles. The van der Waals surface area contributed by atoms with Gasteiger partial charge in [-0.25, -0.2) is 0 Å². The summed E-state index contributed by atoms with van der Waals surface area (Å²) in [6.45, 7) is 6.44. The summed E-state index contributed by atoms with van der Waals surface area (Å²) in [6.07, 6.45) is 55.0. The fourth-order valence-corrected chi connectivity index (χ4v) is 7.84. The highest BCUT2D eigenvalue weighted by Gasteiger charge is 2.24. The molecule has 0 spiro atoms. The van der Waals surface area contributed by atoms with E-state index in [9.17, 15) is 19.8 Å². The van der Waals surface area contributed by atoms with Crippen molar-refractivity contribution in [1.29, 1.82) is 0 Å². The van der Waals surface area contributed by atoms with Crippen LogP contribution in [0.15, 0.2) is 36.5 Å². The second kappa shape index (κ2) is 47.1. The van der Waals surface area contributed by atoms with Gasteiger partial charge in [0.1, 0.15) is 6.10 Å². The molecule has 59 heavy (non-hydrogen) atoms. The third kappa shape index (κ3) is 42.6. The van der Waals surface area contributed by atoms with Crippen molar-refractivity contribution in [2.45, 2.75) is 283 Å². The minimum Gasteiger partial charge on any atom is -0.462 e. The van der Waals surface area contributed by atoms with Gasteiger partial charge in [-0.2, -0.15) is 0 Å². The van der Waals surface area contributed by atoms with Crippen molar-refractivity contribution >= 4 is 11.9 Å². The third-order valence-corrected chi connectivity index (χ3v) is 11.8. The number of esters is 1. The van der Waals surface area contributed by atoms with Crippen LogP contribution in [0.1, 0.15) is 265 Å². The zero-order valence-corrected chi connectivity index (χ0v) is 39.4. The first kappa shape index (κ1) is 57.1. The number of carbonyl (C=O) groups excluding carboxylic acids is 2. The summed E-state index contributed by atoms with van der Waals surface area (Å²) in [4.78, 5) is 26.0.